The van der Waals surface area contributed by atoms with E-state index >= 15 is 0 Å². The Kier molecular flexibility index (Phi) is 6.36. The molecule has 1 unspecified atom stereocenters. The highest BCUT2D eigenvalue weighted by Crippen LogP contribution is 2.41. The minimum atomic E-state index is -0.603. The average molecular weight is 472 g/mol. The quantitative estimate of drug-likeness (QED) is 0.267. The molecule has 3 aromatic carbocycles. The Bertz CT molecular complexity index is 1380. The van der Waals surface area contributed by atoms with Gasteiger partial charge in [-0.2, -0.15) is 0 Å². The summed E-state index contributed by atoms with van der Waals surface area (Å²) in [6.45, 7) is 2.40. The minimum absolute atomic E-state index is 0.0514. The zero-order valence-electron chi connectivity index (χ0n) is 18.8. The zero-order chi connectivity index (χ0) is 23.5. The van der Waals surface area contributed by atoms with E-state index < -0.39 is 5.25 Å². The molecule has 1 aromatic heterocycles. The highest BCUT2D eigenvalue weighted by Gasteiger charge is 2.32. The van der Waals surface area contributed by atoms with Gasteiger partial charge in [0.1, 0.15) is 11.0 Å². The van der Waals surface area contributed by atoms with Crippen LogP contribution in [0, 0.1) is 0 Å². The summed E-state index contributed by atoms with van der Waals surface area (Å²) in [7, 11) is 0. The van der Waals surface area contributed by atoms with Crippen LogP contribution in [0.5, 0.6) is 5.75 Å². The SMILES string of the molecule is CCOc1ccccc1NC(=O)C(Sc1nc2ccccc2c(=O)n1C1CC1)c1ccccc1. The number of aromatic nitrogens is 2. The first-order chi connectivity index (χ1) is 16.7. The Balaban J connectivity index is 1.55. The summed E-state index contributed by atoms with van der Waals surface area (Å²) >= 11 is 1.31. The van der Waals surface area contributed by atoms with Crippen molar-refractivity contribution in [2.75, 3.05) is 11.9 Å². The van der Waals surface area contributed by atoms with Crippen molar-refractivity contribution in [1.82, 2.24) is 9.55 Å². The fourth-order valence-corrected chi connectivity index (χ4v) is 5.09. The van der Waals surface area contributed by atoms with Crippen LogP contribution in [0.1, 0.15) is 36.6 Å². The number of hydrogen-bond donors (Lipinski definition) is 1. The summed E-state index contributed by atoms with van der Waals surface area (Å²) in [6.07, 6.45) is 1.88. The lowest BCUT2D eigenvalue weighted by Crippen LogP contribution is -2.25. The number of nitrogens with one attached hydrogen (secondary N) is 1. The van der Waals surface area contributed by atoms with Crippen LogP contribution in [0.2, 0.25) is 0 Å². The van der Waals surface area contributed by atoms with E-state index in [9.17, 15) is 9.59 Å². The summed E-state index contributed by atoms with van der Waals surface area (Å²) in [6, 6.07) is 24.5. The minimum Gasteiger partial charge on any atom is -0.492 e. The second-order valence-electron chi connectivity index (χ2n) is 8.14. The first-order valence-corrected chi connectivity index (χ1v) is 12.3. The summed E-state index contributed by atoms with van der Waals surface area (Å²) in [4.78, 5) is 31.8. The first-order valence-electron chi connectivity index (χ1n) is 11.4. The van der Waals surface area contributed by atoms with Crippen molar-refractivity contribution in [2.24, 2.45) is 0 Å². The van der Waals surface area contributed by atoms with Crippen LogP contribution in [0.25, 0.3) is 10.9 Å². The van der Waals surface area contributed by atoms with Gasteiger partial charge >= 0.3 is 0 Å². The third kappa shape index (κ3) is 4.56. The van der Waals surface area contributed by atoms with Crippen LogP contribution < -0.4 is 15.6 Å². The second-order valence-corrected chi connectivity index (χ2v) is 9.22. The Hall–Kier alpha value is -3.58. The molecule has 0 aliphatic heterocycles. The van der Waals surface area contributed by atoms with Crippen molar-refractivity contribution in [3.8, 4) is 5.75 Å². The number of nitrogens with zero attached hydrogens (tertiary/aromatic N) is 2. The molecule has 1 heterocycles. The molecule has 5 rings (SSSR count). The van der Waals surface area contributed by atoms with Gasteiger partial charge < -0.3 is 10.1 Å². The first kappa shape index (κ1) is 22.2. The number of anilines is 1. The van der Waals surface area contributed by atoms with Gasteiger partial charge in [-0.1, -0.05) is 66.4 Å². The number of carbonyl (C=O) groups is 1. The standard InChI is InChI=1S/C27H25N3O3S/c1-2-33-23-15-9-8-14-22(23)28-25(31)24(18-10-4-3-5-11-18)34-27-29-21-13-7-6-12-20(21)26(32)30(27)19-16-17-19/h3-15,19,24H,2,16-17H2,1H3,(H,28,31). The van der Waals surface area contributed by atoms with Crippen LogP contribution in [0.4, 0.5) is 5.69 Å². The topological polar surface area (TPSA) is 73.2 Å². The van der Waals surface area contributed by atoms with E-state index in [1.165, 1.54) is 11.8 Å². The van der Waals surface area contributed by atoms with E-state index in [0.717, 1.165) is 18.4 Å². The highest BCUT2D eigenvalue weighted by molar-refractivity contribution is 8.00. The van der Waals surface area contributed by atoms with Gasteiger partial charge in [0.05, 0.1) is 23.2 Å². The number of benzene rings is 3. The molecule has 0 bridgehead atoms. The Morgan fingerprint density at radius 2 is 1.76 bits per heavy atom. The number of carbonyl (C=O) groups excluding carboxylic acids is 1. The normalized spacial score (nSPS) is 14.0. The lowest BCUT2D eigenvalue weighted by molar-refractivity contribution is -0.115. The number of rotatable bonds is 8. The molecule has 34 heavy (non-hydrogen) atoms. The molecular weight excluding hydrogens is 446 g/mol. The molecule has 1 saturated carbocycles. The molecule has 7 heteroatoms. The van der Waals surface area contributed by atoms with Crippen molar-refractivity contribution in [3.63, 3.8) is 0 Å². The molecule has 4 aromatic rings. The third-order valence-corrected chi connectivity index (χ3v) is 6.92. The van der Waals surface area contributed by atoms with Crippen molar-refractivity contribution < 1.29 is 9.53 Å². The Morgan fingerprint density at radius 3 is 2.53 bits per heavy atom. The predicted octanol–water partition coefficient (Wildman–Crippen LogP) is 5.60. The van der Waals surface area contributed by atoms with Gasteiger partial charge in [0.2, 0.25) is 5.91 Å². The lowest BCUT2D eigenvalue weighted by atomic mass is 10.1. The fraction of sp³-hybridized carbons (Fsp3) is 0.222. The highest BCUT2D eigenvalue weighted by atomic mass is 32.2. The van der Waals surface area contributed by atoms with Crippen LogP contribution in [0.3, 0.4) is 0 Å². The molecule has 1 aliphatic carbocycles. The number of hydrogen-bond acceptors (Lipinski definition) is 5. The molecule has 6 nitrogen and oxygen atoms in total. The van der Waals surface area contributed by atoms with Crippen molar-refractivity contribution in [2.45, 2.75) is 36.2 Å². The molecule has 1 amide bonds. The van der Waals surface area contributed by atoms with Gasteiger partial charge in [0.25, 0.3) is 5.56 Å². The van der Waals surface area contributed by atoms with Gasteiger partial charge in [0.15, 0.2) is 5.16 Å². The number of thioether (sulfide) groups is 1. The molecule has 0 spiro atoms. The van der Waals surface area contributed by atoms with Crippen LogP contribution in [-0.2, 0) is 4.79 Å². The summed E-state index contributed by atoms with van der Waals surface area (Å²) in [5, 5.41) is 3.59. The van der Waals surface area contributed by atoms with E-state index in [2.05, 4.69) is 5.32 Å². The summed E-state index contributed by atoms with van der Waals surface area (Å²) in [5.41, 5.74) is 2.04. The van der Waals surface area contributed by atoms with Gasteiger partial charge in [-0.15, -0.1) is 0 Å². The number of ether oxygens (including phenoxy) is 1. The number of para-hydroxylation sites is 3. The van der Waals surface area contributed by atoms with Gasteiger partial charge in [-0.05, 0) is 49.6 Å². The van der Waals surface area contributed by atoms with Crippen molar-refractivity contribution in [1.29, 1.82) is 0 Å². The molecule has 1 aliphatic rings. The smallest absolute Gasteiger partial charge is 0.262 e. The number of fused-ring (bicyclic) bond motifs is 1. The predicted molar refractivity (Wildman–Crippen MR) is 136 cm³/mol. The van der Waals surface area contributed by atoms with Crippen LogP contribution in [0.15, 0.2) is 88.8 Å². The molecule has 1 N–H and O–H groups in total. The Morgan fingerprint density at radius 1 is 1.06 bits per heavy atom. The Labute approximate surface area is 202 Å². The van der Waals surface area contributed by atoms with Gasteiger partial charge in [-0.3, -0.25) is 14.2 Å². The average Bonchev–Trinajstić information content (AvgIpc) is 3.70. The summed E-state index contributed by atoms with van der Waals surface area (Å²) in [5.74, 6) is 0.419. The van der Waals surface area contributed by atoms with E-state index in [1.54, 1.807) is 4.57 Å². The third-order valence-electron chi connectivity index (χ3n) is 5.70. The monoisotopic (exact) mass is 471 g/mol. The maximum Gasteiger partial charge on any atom is 0.262 e. The van der Waals surface area contributed by atoms with E-state index in [4.69, 9.17) is 9.72 Å². The molecule has 0 saturated heterocycles. The fourth-order valence-electron chi connectivity index (χ4n) is 3.92. The van der Waals surface area contributed by atoms with E-state index in [0.29, 0.717) is 34.1 Å². The molecule has 1 atom stereocenters. The zero-order valence-corrected chi connectivity index (χ0v) is 19.6. The number of amides is 1. The molecule has 172 valence electrons. The van der Waals surface area contributed by atoms with E-state index in [1.807, 2.05) is 85.8 Å². The van der Waals surface area contributed by atoms with Crippen molar-refractivity contribution >= 4 is 34.3 Å². The van der Waals surface area contributed by atoms with E-state index in [-0.39, 0.29) is 17.5 Å². The molecule has 1 fully saturated rings. The lowest BCUT2D eigenvalue weighted by Gasteiger charge is -2.20. The maximum absolute atomic E-state index is 13.6. The second kappa shape index (κ2) is 9.73. The largest absolute Gasteiger partial charge is 0.492 e. The van der Waals surface area contributed by atoms with Crippen LogP contribution >= 0.6 is 11.8 Å². The molecule has 0 radical (unpaired) electrons. The van der Waals surface area contributed by atoms with Gasteiger partial charge in [-0.25, -0.2) is 4.98 Å². The summed E-state index contributed by atoms with van der Waals surface area (Å²) < 4.78 is 7.45. The van der Waals surface area contributed by atoms with Crippen LogP contribution in [-0.4, -0.2) is 22.1 Å². The van der Waals surface area contributed by atoms with Crippen molar-refractivity contribution in [3.05, 3.63) is 94.8 Å². The maximum atomic E-state index is 13.6. The van der Waals surface area contributed by atoms with Gasteiger partial charge in [0, 0.05) is 6.04 Å². The molecular formula is C27H25N3O3S.